The van der Waals surface area contributed by atoms with Crippen molar-refractivity contribution in [3.8, 4) is 0 Å². The van der Waals surface area contributed by atoms with E-state index < -0.39 is 5.69 Å². The van der Waals surface area contributed by atoms with Gasteiger partial charge in [0.25, 0.3) is 5.56 Å². The molecule has 100 valence electrons. The van der Waals surface area contributed by atoms with Gasteiger partial charge in [-0.15, -0.1) is 0 Å². The lowest BCUT2D eigenvalue weighted by Crippen LogP contribution is -2.34. The van der Waals surface area contributed by atoms with Crippen LogP contribution in [0.1, 0.15) is 12.5 Å². The molecule has 19 heavy (non-hydrogen) atoms. The molecule has 0 aliphatic rings. The van der Waals surface area contributed by atoms with Crippen LogP contribution in [0, 0.1) is 10.5 Å². The predicted octanol–water partition coefficient (Wildman–Crippen LogP) is 2.21. The molecule has 0 unspecified atom stereocenters. The molecule has 2 N–H and O–H groups in total. The Kier molecular flexibility index (Phi) is 4.08. The Morgan fingerprint density at radius 3 is 2.63 bits per heavy atom. The van der Waals surface area contributed by atoms with Crippen molar-refractivity contribution in [3.05, 3.63) is 54.2 Å². The average Bonchev–Trinajstić information content (AvgIpc) is 2.33. The van der Waals surface area contributed by atoms with Crippen LogP contribution in [0.15, 0.2) is 33.9 Å². The van der Waals surface area contributed by atoms with E-state index in [0.29, 0.717) is 12.4 Å². The summed E-state index contributed by atoms with van der Waals surface area (Å²) in [6, 6.07) is 7.23. The topological polar surface area (TPSA) is 66.9 Å². The Hall–Kier alpha value is -1.57. The third kappa shape index (κ3) is 3.06. The lowest BCUT2D eigenvalue weighted by Gasteiger charge is -2.08. The lowest BCUT2D eigenvalue weighted by atomic mass is 10.2. The fourth-order valence-corrected chi connectivity index (χ4v) is 2.23. The molecular weight excluding hydrogens is 357 g/mol. The van der Waals surface area contributed by atoms with Gasteiger partial charge >= 0.3 is 5.69 Å². The van der Waals surface area contributed by atoms with Gasteiger partial charge in [-0.05, 0) is 54.1 Å². The number of anilines is 2. The Morgan fingerprint density at radius 1 is 1.32 bits per heavy atom. The molecule has 0 spiro atoms. The molecule has 2 aromatic rings. The number of aryl methyl sites for hydroxylation is 1. The molecule has 1 heterocycles. The summed E-state index contributed by atoms with van der Waals surface area (Å²) in [5, 5.41) is 3.03. The maximum Gasteiger partial charge on any atom is 0.329 e. The number of aromatic amines is 1. The van der Waals surface area contributed by atoms with Gasteiger partial charge in [-0.3, -0.25) is 14.3 Å². The van der Waals surface area contributed by atoms with Gasteiger partial charge in [-0.25, -0.2) is 4.79 Å². The van der Waals surface area contributed by atoms with E-state index >= 15 is 0 Å². The average molecular weight is 371 g/mol. The molecule has 0 saturated heterocycles. The Morgan fingerprint density at radius 2 is 2.05 bits per heavy atom. The van der Waals surface area contributed by atoms with Gasteiger partial charge < -0.3 is 5.32 Å². The Balaban J connectivity index is 2.36. The third-order valence-electron chi connectivity index (χ3n) is 2.79. The van der Waals surface area contributed by atoms with Crippen molar-refractivity contribution in [3.63, 3.8) is 0 Å². The van der Waals surface area contributed by atoms with Gasteiger partial charge in [0.05, 0.1) is 0 Å². The molecule has 0 fully saturated rings. The summed E-state index contributed by atoms with van der Waals surface area (Å²) in [5.41, 5.74) is 1.30. The first-order valence-corrected chi connectivity index (χ1v) is 6.96. The zero-order valence-corrected chi connectivity index (χ0v) is 12.8. The zero-order chi connectivity index (χ0) is 14.0. The quantitative estimate of drug-likeness (QED) is 0.814. The van der Waals surface area contributed by atoms with Crippen LogP contribution < -0.4 is 16.6 Å². The van der Waals surface area contributed by atoms with Gasteiger partial charge in [0.1, 0.15) is 5.82 Å². The molecule has 0 bridgehead atoms. The number of nitrogens with zero attached hydrogens (tertiary/aromatic N) is 1. The summed E-state index contributed by atoms with van der Waals surface area (Å²) < 4.78 is 2.26. The first-order chi connectivity index (χ1) is 9.01. The maximum atomic E-state index is 11.7. The predicted molar refractivity (Wildman–Crippen MR) is 84.2 cm³/mol. The summed E-state index contributed by atoms with van der Waals surface area (Å²) >= 11 is 2.24. The van der Waals surface area contributed by atoms with Crippen LogP contribution in [0.25, 0.3) is 0 Å². The molecule has 2 rings (SSSR count). The van der Waals surface area contributed by atoms with Gasteiger partial charge in [0, 0.05) is 21.9 Å². The Labute approximate surface area is 123 Å². The first kappa shape index (κ1) is 13.9. The molecule has 0 atom stereocenters. The number of nitrogens with one attached hydrogen (secondary N) is 2. The zero-order valence-electron chi connectivity index (χ0n) is 10.7. The highest BCUT2D eigenvalue weighted by atomic mass is 127. The molecule has 1 aromatic carbocycles. The monoisotopic (exact) mass is 371 g/mol. The van der Waals surface area contributed by atoms with Crippen molar-refractivity contribution in [1.29, 1.82) is 0 Å². The molecule has 1 aromatic heterocycles. The van der Waals surface area contributed by atoms with Crippen LogP contribution in [0.2, 0.25) is 0 Å². The second-order valence-corrected chi connectivity index (χ2v) is 5.32. The summed E-state index contributed by atoms with van der Waals surface area (Å²) in [7, 11) is 0. The van der Waals surface area contributed by atoms with E-state index in [9.17, 15) is 9.59 Å². The van der Waals surface area contributed by atoms with E-state index in [1.807, 2.05) is 25.1 Å². The van der Waals surface area contributed by atoms with E-state index in [1.165, 1.54) is 11.6 Å². The highest BCUT2D eigenvalue weighted by molar-refractivity contribution is 14.1. The highest BCUT2D eigenvalue weighted by Crippen LogP contribution is 2.19. The molecule has 5 nitrogen and oxygen atoms in total. The van der Waals surface area contributed by atoms with Crippen molar-refractivity contribution in [2.75, 3.05) is 5.32 Å². The smallest absolute Gasteiger partial charge is 0.329 e. The number of hydrogen-bond donors (Lipinski definition) is 2. The second-order valence-electron chi connectivity index (χ2n) is 4.16. The number of H-pyrrole nitrogens is 1. The van der Waals surface area contributed by atoms with Gasteiger partial charge in [-0.1, -0.05) is 6.07 Å². The van der Waals surface area contributed by atoms with Crippen molar-refractivity contribution in [1.82, 2.24) is 9.55 Å². The van der Waals surface area contributed by atoms with Crippen LogP contribution in [0.5, 0.6) is 0 Å². The molecule has 6 heteroatoms. The number of benzene rings is 1. The van der Waals surface area contributed by atoms with E-state index in [0.717, 1.165) is 13.8 Å². The van der Waals surface area contributed by atoms with Gasteiger partial charge in [-0.2, -0.15) is 0 Å². The largest absolute Gasteiger partial charge is 0.342 e. The van der Waals surface area contributed by atoms with E-state index in [-0.39, 0.29) is 5.56 Å². The molecular formula is C13H14IN3O2. The fraction of sp³-hybridized carbons (Fsp3) is 0.231. The van der Waals surface area contributed by atoms with Crippen molar-refractivity contribution in [2.24, 2.45) is 0 Å². The maximum absolute atomic E-state index is 11.7. The van der Waals surface area contributed by atoms with Gasteiger partial charge in [0.2, 0.25) is 0 Å². The minimum Gasteiger partial charge on any atom is -0.342 e. The van der Waals surface area contributed by atoms with Crippen LogP contribution in [0.3, 0.4) is 0 Å². The summed E-state index contributed by atoms with van der Waals surface area (Å²) in [6.07, 6.45) is 0. The van der Waals surface area contributed by atoms with E-state index in [2.05, 4.69) is 32.9 Å². The molecule has 0 saturated carbocycles. The number of rotatable bonds is 3. The van der Waals surface area contributed by atoms with Crippen LogP contribution in [0.4, 0.5) is 11.5 Å². The summed E-state index contributed by atoms with van der Waals surface area (Å²) in [4.78, 5) is 26.0. The normalized spacial score (nSPS) is 10.5. The third-order valence-corrected chi connectivity index (χ3v) is 3.95. The standard InChI is InChI=1S/C13H14IN3O2/c1-3-17-12(18)7-11(16-13(17)19)15-9-5-4-8(2)10(14)6-9/h4-7,15H,3H2,1-2H3,(H,16,19). The Bertz CT molecular complexity index is 687. The van der Waals surface area contributed by atoms with Crippen LogP contribution in [-0.4, -0.2) is 9.55 Å². The molecule has 0 amide bonds. The SMILES string of the molecule is CCn1c(=O)cc(Nc2ccc(C)c(I)c2)[nH]c1=O. The summed E-state index contributed by atoms with van der Waals surface area (Å²) in [6.45, 7) is 4.14. The molecule has 0 aliphatic carbocycles. The minimum atomic E-state index is -0.403. The molecule has 0 radical (unpaired) electrons. The van der Waals surface area contributed by atoms with Crippen LogP contribution in [-0.2, 0) is 6.54 Å². The number of hydrogen-bond acceptors (Lipinski definition) is 3. The summed E-state index contributed by atoms with van der Waals surface area (Å²) in [5.74, 6) is 0.402. The minimum absolute atomic E-state index is 0.310. The first-order valence-electron chi connectivity index (χ1n) is 5.88. The lowest BCUT2D eigenvalue weighted by molar-refractivity contribution is 0.674. The van der Waals surface area contributed by atoms with Crippen LogP contribution >= 0.6 is 22.6 Å². The van der Waals surface area contributed by atoms with Crippen molar-refractivity contribution in [2.45, 2.75) is 20.4 Å². The highest BCUT2D eigenvalue weighted by Gasteiger charge is 2.03. The van der Waals surface area contributed by atoms with Crippen molar-refractivity contribution < 1.29 is 0 Å². The van der Waals surface area contributed by atoms with Gasteiger partial charge in [0.15, 0.2) is 0 Å². The number of aromatic nitrogens is 2. The fourth-order valence-electron chi connectivity index (χ4n) is 1.71. The number of halogens is 1. The van der Waals surface area contributed by atoms with E-state index in [1.54, 1.807) is 6.92 Å². The molecule has 0 aliphatic heterocycles. The van der Waals surface area contributed by atoms with E-state index in [4.69, 9.17) is 0 Å². The van der Waals surface area contributed by atoms with Crippen molar-refractivity contribution >= 4 is 34.1 Å². The second kappa shape index (κ2) is 5.60.